The number of amides is 1. The molecule has 0 aromatic rings. The van der Waals surface area contributed by atoms with Gasteiger partial charge in [-0.05, 0) is 20.8 Å². The van der Waals surface area contributed by atoms with Crippen LogP contribution in [-0.2, 0) is 27.9 Å². The molecule has 0 saturated heterocycles. The highest BCUT2D eigenvalue weighted by Crippen LogP contribution is 2.43. The van der Waals surface area contributed by atoms with Gasteiger partial charge >= 0.3 is 19.9 Å². The van der Waals surface area contributed by atoms with Crippen molar-refractivity contribution in [3.05, 3.63) is 0 Å². The van der Waals surface area contributed by atoms with E-state index < -0.39 is 57.5 Å². The van der Waals surface area contributed by atoms with Crippen LogP contribution in [0.4, 0.5) is 4.79 Å². The molecule has 0 aliphatic carbocycles. The average Bonchev–Trinajstić information content (AvgIpc) is 2.46. The predicted octanol–water partition coefficient (Wildman–Crippen LogP) is -0.461. The molecule has 0 fully saturated rings. The molecule has 0 radical (unpaired) electrons. The normalized spacial score (nSPS) is 16.6. The summed E-state index contributed by atoms with van der Waals surface area (Å²) in [5.74, 6) is -0.934. The fourth-order valence-corrected chi connectivity index (χ4v) is 1.97. The maximum atomic E-state index is 11.6. The second-order valence-electron chi connectivity index (χ2n) is 5.62. The number of carbonyl (C=O) groups excluding carboxylic acids is 2. The van der Waals surface area contributed by atoms with Crippen LogP contribution in [0.1, 0.15) is 20.8 Å². The van der Waals surface area contributed by atoms with Gasteiger partial charge in [-0.3, -0.25) is 9.05 Å². The van der Waals surface area contributed by atoms with E-state index in [-0.39, 0.29) is 0 Å². The molecule has 0 aromatic heterocycles. The molecule has 0 spiro atoms. The number of esters is 1. The van der Waals surface area contributed by atoms with Gasteiger partial charge in [0.2, 0.25) is 0 Å². The van der Waals surface area contributed by atoms with Crippen LogP contribution >= 0.6 is 7.82 Å². The topological polar surface area (TPSA) is 161 Å². The van der Waals surface area contributed by atoms with E-state index in [1.807, 2.05) is 0 Å². The maximum absolute atomic E-state index is 11.6. The summed E-state index contributed by atoms with van der Waals surface area (Å²) in [6.45, 7) is 2.75. The molecule has 0 aliphatic heterocycles. The highest BCUT2D eigenvalue weighted by molar-refractivity contribution is 7.47. The molecule has 2 unspecified atom stereocenters. The van der Waals surface area contributed by atoms with Gasteiger partial charge in [0.25, 0.3) is 0 Å². The number of phosphoric acid groups is 1. The fraction of sp³-hybridized carbons (Fsp3) is 0.833. The summed E-state index contributed by atoms with van der Waals surface area (Å²) < 4.78 is 30.0. The quantitative estimate of drug-likeness (QED) is 0.307. The Morgan fingerprint density at radius 2 is 1.75 bits per heavy atom. The predicted molar refractivity (Wildman–Crippen MR) is 80.0 cm³/mol. The average molecular weight is 373 g/mol. The van der Waals surface area contributed by atoms with E-state index in [2.05, 4.69) is 19.1 Å². The van der Waals surface area contributed by atoms with E-state index in [0.29, 0.717) is 0 Å². The van der Waals surface area contributed by atoms with Gasteiger partial charge < -0.3 is 29.9 Å². The summed E-state index contributed by atoms with van der Waals surface area (Å²) in [5.41, 5.74) is -0.818. The number of rotatable bonds is 9. The van der Waals surface area contributed by atoms with Crippen molar-refractivity contribution in [3.8, 4) is 0 Å². The number of ether oxygens (including phenoxy) is 2. The van der Waals surface area contributed by atoms with Gasteiger partial charge in [0.05, 0.1) is 26.9 Å². The first-order valence-electron chi connectivity index (χ1n) is 6.88. The van der Waals surface area contributed by atoms with E-state index in [1.54, 1.807) is 20.8 Å². The Morgan fingerprint density at radius 1 is 1.21 bits per heavy atom. The number of methoxy groups -OCH3 is 1. The van der Waals surface area contributed by atoms with Crippen LogP contribution in [0, 0.1) is 0 Å². The number of aliphatic hydroxyl groups excluding tert-OH is 2. The lowest BCUT2D eigenvalue weighted by Gasteiger charge is -2.23. The van der Waals surface area contributed by atoms with Crippen molar-refractivity contribution in [1.29, 1.82) is 0 Å². The molecule has 3 atom stereocenters. The summed E-state index contributed by atoms with van der Waals surface area (Å²) in [4.78, 5) is 32.6. The zero-order valence-corrected chi connectivity index (χ0v) is 14.8. The van der Waals surface area contributed by atoms with Gasteiger partial charge in [-0.25, -0.2) is 14.2 Å². The Hall–Kier alpha value is -1.23. The third-order valence-corrected chi connectivity index (χ3v) is 3.17. The summed E-state index contributed by atoms with van der Waals surface area (Å²) in [6.07, 6.45) is -2.32. The van der Waals surface area contributed by atoms with Crippen molar-refractivity contribution in [1.82, 2.24) is 5.32 Å². The van der Waals surface area contributed by atoms with Crippen molar-refractivity contribution >= 4 is 19.9 Å². The van der Waals surface area contributed by atoms with Crippen LogP contribution < -0.4 is 5.32 Å². The van der Waals surface area contributed by atoms with E-state index >= 15 is 0 Å². The van der Waals surface area contributed by atoms with Crippen LogP contribution in [0.2, 0.25) is 0 Å². The molecule has 0 bridgehead atoms. The van der Waals surface area contributed by atoms with E-state index in [0.717, 1.165) is 7.11 Å². The SMILES string of the molecule is COC(=O)C(COP(=O)(O)OC[C@@H](O)CO)NC(=O)OC(C)(C)C. The smallest absolute Gasteiger partial charge is 0.467 e. The molecule has 0 aliphatic rings. The first-order chi connectivity index (χ1) is 10.9. The van der Waals surface area contributed by atoms with Gasteiger partial charge in [0.15, 0.2) is 6.04 Å². The first kappa shape index (κ1) is 22.8. The molecule has 0 aromatic carbocycles. The molecule has 0 saturated carbocycles. The van der Waals surface area contributed by atoms with Crippen molar-refractivity contribution in [2.75, 3.05) is 26.9 Å². The largest absolute Gasteiger partial charge is 0.472 e. The number of hydrogen-bond donors (Lipinski definition) is 4. The summed E-state index contributed by atoms with van der Waals surface area (Å²) in [6, 6.07) is -1.42. The van der Waals surface area contributed by atoms with Crippen molar-refractivity contribution in [3.63, 3.8) is 0 Å². The van der Waals surface area contributed by atoms with Crippen molar-refractivity contribution in [2.24, 2.45) is 0 Å². The zero-order valence-electron chi connectivity index (χ0n) is 13.9. The number of carbonyl (C=O) groups is 2. The molecular formula is C12H24NO10P. The Labute approximate surface area is 139 Å². The standard InChI is InChI=1S/C12H24NO10P/c1-12(2,3)23-11(17)13-9(10(16)20-4)7-22-24(18,19)21-6-8(15)5-14/h8-9,14-15H,5-7H2,1-4H3,(H,13,17)(H,18,19)/t8-,9?/m0/s1. The number of aliphatic hydroxyl groups is 2. The molecule has 1 amide bonds. The third kappa shape index (κ3) is 10.5. The summed E-state index contributed by atoms with van der Waals surface area (Å²) >= 11 is 0. The highest BCUT2D eigenvalue weighted by Gasteiger charge is 2.30. The van der Waals surface area contributed by atoms with Gasteiger partial charge in [-0.2, -0.15) is 0 Å². The minimum atomic E-state index is -4.62. The van der Waals surface area contributed by atoms with Gasteiger partial charge in [-0.1, -0.05) is 0 Å². The van der Waals surface area contributed by atoms with Gasteiger partial charge in [0, 0.05) is 0 Å². The lowest BCUT2D eigenvalue weighted by Crippen LogP contribution is -2.46. The number of nitrogens with one attached hydrogen (secondary N) is 1. The molecule has 11 nitrogen and oxygen atoms in total. The van der Waals surface area contributed by atoms with E-state index in [1.165, 1.54) is 0 Å². The monoisotopic (exact) mass is 373 g/mol. The van der Waals surface area contributed by atoms with E-state index in [4.69, 9.17) is 14.9 Å². The van der Waals surface area contributed by atoms with Crippen LogP contribution in [0.25, 0.3) is 0 Å². The third-order valence-electron chi connectivity index (χ3n) is 2.22. The van der Waals surface area contributed by atoms with E-state index in [9.17, 15) is 19.0 Å². The van der Waals surface area contributed by atoms with Crippen LogP contribution in [0.15, 0.2) is 0 Å². The summed E-state index contributed by atoms with van der Waals surface area (Å²) in [7, 11) is -3.56. The number of hydrogen-bond acceptors (Lipinski definition) is 9. The first-order valence-corrected chi connectivity index (χ1v) is 8.38. The fourth-order valence-electron chi connectivity index (χ4n) is 1.20. The Kier molecular flexibility index (Phi) is 9.41. The molecular weight excluding hydrogens is 349 g/mol. The molecule has 0 heterocycles. The molecule has 24 heavy (non-hydrogen) atoms. The van der Waals surface area contributed by atoms with Crippen LogP contribution in [-0.4, -0.2) is 71.8 Å². The minimum Gasteiger partial charge on any atom is -0.467 e. The maximum Gasteiger partial charge on any atom is 0.472 e. The Balaban J connectivity index is 4.66. The van der Waals surface area contributed by atoms with Gasteiger partial charge in [-0.15, -0.1) is 0 Å². The lowest BCUT2D eigenvalue weighted by atomic mass is 10.2. The molecule has 142 valence electrons. The molecule has 4 N–H and O–H groups in total. The molecule has 0 rings (SSSR count). The second-order valence-corrected chi connectivity index (χ2v) is 7.07. The van der Waals surface area contributed by atoms with Crippen LogP contribution in [0.3, 0.4) is 0 Å². The minimum absolute atomic E-state index is 0.660. The summed E-state index contributed by atoms with van der Waals surface area (Å²) in [5, 5.41) is 19.8. The number of alkyl carbamates (subject to hydrolysis) is 1. The Bertz CT molecular complexity index is 463. The number of phosphoric ester groups is 1. The van der Waals surface area contributed by atoms with Gasteiger partial charge in [0.1, 0.15) is 11.7 Å². The molecule has 12 heteroatoms. The van der Waals surface area contributed by atoms with Crippen molar-refractivity contribution in [2.45, 2.75) is 38.5 Å². The second kappa shape index (κ2) is 9.92. The zero-order chi connectivity index (χ0) is 19.0. The van der Waals surface area contributed by atoms with Crippen LogP contribution in [0.5, 0.6) is 0 Å². The Morgan fingerprint density at radius 3 is 2.21 bits per heavy atom. The lowest BCUT2D eigenvalue weighted by molar-refractivity contribution is -0.144. The van der Waals surface area contributed by atoms with Crippen molar-refractivity contribution < 1.29 is 47.8 Å². The highest BCUT2D eigenvalue weighted by atomic mass is 31.2.